The molecule has 0 rings (SSSR count). The maximum Gasteiger partial charge on any atom is 0.326 e. The molecular weight excluding hydrogens is 268 g/mol. The minimum atomic E-state index is -1.04. The topological polar surface area (TPSA) is 95.5 Å². The van der Waals surface area contributed by atoms with E-state index in [1.807, 2.05) is 20.8 Å². The van der Waals surface area contributed by atoms with E-state index in [4.69, 9.17) is 5.11 Å². The van der Waals surface area contributed by atoms with Crippen LogP contribution in [0.3, 0.4) is 0 Å². The van der Waals surface area contributed by atoms with Crippen LogP contribution in [0.15, 0.2) is 0 Å². The summed E-state index contributed by atoms with van der Waals surface area (Å²) in [5.41, 5.74) is 0. The number of hydrogen-bond acceptors (Lipinski definition) is 3. The van der Waals surface area contributed by atoms with Crippen molar-refractivity contribution < 1.29 is 18.9 Å². The van der Waals surface area contributed by atoms with Crippen LogP contribution in [-0.4, -0.2) is 45.4 Å². The quantitative estimate of drug-likeness (QED) is 0.620. The molecule has 0 radical (unpaired) electrons. The number of carboxylic acid groups (broad SMARTS) is 1. The van der Waals surface area contributed by atoms with Gasteiger partial charge in [-0.05, 0) is 18.8 Å². The molecule has 3 N–H and O–H groups in total. The predicted molar refractivity (Wildman–Crippen MR) is 75.6 cm³/mol. The van der Waals surface area contributed by atoms with Gasteiger partial charge in [0.05, 0.1) is 0 Å². The zero-order chi connectivity index (χ0) is 15.0. The van der Waals surface area contributed by atoms with Crippen molar-refractivity contribution in [2.45, 2.75) is 44.9 Å². The van der Waals surface area contributed by atoms with Crippen LogP contribution in [0.4, 0.5) is 4.79 Å². The highest BCUT2D eigenvalue weighted by Crippen LogP contribution is 2.04. The van der Waals surface area contributed by atoms with Crippen molar-refractivity contribution in [2.24, 2.45) is 5.92 Å². The lowest BCUT2D eigenvalue weighted by Crippen LogP contribution is -2.47. The molecular formula is C12H24N2O4S. The van der Waals surface area contributed by atoms with Gasteiger partial charge >= 0.3 is 12.0 Å². The Kier molecular flexibility index (Phi) is 8.38. The fourth-order valence-corrected chi connectivity index (χ4v) is 1.91. The van der Waals surface area contributed by atoms with Gasteiger partial charge < -0.3 is 15.7 Å². The number of carboxylic acids is 1. The molecule has 0 aliphatic rings. The third kappa shape index (κ3) is 8.58. The van der Waals surface area contributed by atoms with Gasteiger partial charge in [-0.3, -0.25) is 4.21 Å². The number of nitrogens with one attached hydrogen (secondary N) is 2. The van der Waals surface area contributed by atoms with Crippen LogP contribution >= 0.6 is 0 Å². The molecule has 0 fully saturated rings. The van der Waals surface area contributed by atoms with Gasteiger partial charge in [0.15, 0.2) is 0 Å². The highest BCUT2D eigenvalue weighted by molar-refractivity contribution is 7.84. The number of amides is 2. The van der Waals surface area contributed by atoms with E-state index in [2.05, 4.69) is 10.6 Å². The molecule has 0 saturated carbocycles. The fourth-order valence-electron chi connectivity index (χ4n) is 1.46. The Hall–Kier alpha value is -1.11. The Morgan fingerprint density at radius 2 is 1.84 bits per heavy atom. The summed E-state index contributed by atoms with van der Waals surface area (Å²) in [6.07, 6.45) is 2.60. The summed E-state index contributed by atoms with van der Waals surface area (Å²) in [7, 11) is -0.917. The highest BCUT2D eigenvalue weighted by Gasteiger charge is 2.20. The molecule has 6 nitrogen and oxygen atoms in total. The number of carbonyl (C=O) groups is 2. The van der Waals surface area contributed by atoms with Gasteiger partial charge in [0.1, 0.15) is 6.04 Å². The van der Waals surface area contributed by atoms with E-state index < -0.39 is 28.8 Å². The average Bonchev–Trinajstić information content (AvgIpc) is 2.26. The molecule has 0 aliphatic heterocycles. The molecule has 0 aliphatic carbocycles. The summed E-state index contributed by atoms with van der Waals surface area (Å²) in [4.78, 5) is 22.5. The molecule has 0 heterocycles. The Morgan fingerprint density at radius 1 is 1.26 bits per heavy atom. The van der Waals surface area contributed by atoms with Crippen LogP contribution in [-0.2, 0) is 15.6 Å². The highest BCUT2D eigenvalue weighted by atomic mass is 32.2. The molecule has 3 atom stereocenters. The van der Waals surface area contributed by atoms with Gasteiger partial charge in [-0.1, -0.05) is 20.8 Å². The third-order valence-electron chi connectivity index (χ3n) is 2.71. The van der Waals surface area contributed by atoms with Crippen molar-refractivity contribution in [2.75, 3.05) is 12.8 Å². The number of urea groups is 1. The molecule has 0 bridgehead atoms. The molecule has 19 heavy (non-hydrogen) atoms. The van der Waals surface area contributed by atoms with E-state index in [0.717, 1.165) is 0 Å². The van der Waals surface area contributed by atoms with Gasteiger partial charge in [-0.2, -0.15) is 0 Å². The number of carbonyl (C=O) groups excluding carboxylic acids is 1. The summed E-state index contributed by atoms with van der Waals surface area (Å²) >= 11 is 0. The minimum absolute atomic E-state index is 0.00577. The fraction of sp³-hybridized carbons (Fsp3) is 0.833. The maximum absolute atomic E-state index is 11.5. The second kappa shape index (κ2) is 8.90. The first-order valence-corrected chi connectivity index (χ1v) is 7.95. The SMILES string of the molecule is CC(C)CC(NC(=O)NCCC(C)S(C)=O)C(=O)O. The van der Waals surface area contributed by atoms with Crippen molar-refractivity contribution in [3.8, 4) is 0 Å². The maximum atomic E-state index is 11.5. The second-order valence-corrected chi connectivity index (χ2v) is 6.82. The summed E-state index contributed by atoms with van der Waals surface area (Å²) in [6.45, 7) is 6.01. The average molecular weight is 292 g/mol. The predicted octanol–water partition coefficient (Wildman–Crippen LogP) is 0.942. The first-order valence-electron chi connectivity index (χ1n) is 6.33. The summed E-state index contributed by atoms with van der Waals surface area (Å²) in [5.74, 6) is -0.851. The van der Waals surface area contributed by atoms with Gasteiger partial charge in [0, 0.05) is 28.9 Å². The molecule has 112 valence electrons. The smallest absolute Gasteiger partial charge is 0.326 e. The van der Waals surface area contributed by atoms with Crippen LogP contribution in [0.25, 0.3) is 0 Å². The molecule has 0 aromatic heterocycles. The zero-order valence-corrected chi connectivity index (χ0v) is 12.8. The molecule has 0 spiro atoms. The third-order valence-corrected chi connectivity index (χ3v) is 4.08. The number of hydrogen-bond donors (Lipinski definition) is 3. The van der Waals surface area contributed by atoms with Crippen LogP contribution < -0.4 is 10.6 Å². The summed E-state index contributed by atoms with van der Waals surface area (Å²) in [6, 6.07) is -1.38. The standard InChI is InChI=1S/C12H24N2O4S/c1-8(2)7-10(11(15)16)14-12(17)13-6-5-9(3)19(4)18/h8-10H,5-7H2,1-4H3,(H,15,16)(H2,13,14,17). The van der Waals surface area contributed by atoms with Crippen LogP contribution in [0.1, 0.15) is 33.6 Å². The number of aliphatic carboxylic acids is 1. The second-order valence-electron chi connectivity index (χ2n) is 5.02. The first-order chi connectivity index (χ1) is 8.73. The zero-order valence-electron chi connectivity index (χ0n) is 11.9. The Morgan fingerprint density at radius 3 is 2.26 bits per heavy atom. The van der Waals surface area contributed by atoms with E-state index in [-0.39, 0.29) is 11.2 Å². The Labute approximate surface area is 116 Å². The van der Waals surface area contributed by atoms with Crippen LogP contribution in [0.5, 0.6) is 0 Å². The van der Waals surface area contributed by atoms with E-state index in [9.17, 15) is 13.8 Å². The summed E-state index contributed by atoms with van der Waals surface area (Å²) in [5, 5.41) is 14.0. The van der Waals surface area contributed by atoms with Crippen molar-refractivity contribution in [3.63, 3.8) is 0 Å². The van der Waals surface area contributed by atoms with Crippen molar-refractivity contribution in [3.05, 3.63) is 0 Å². The van der Waals surface area contributed by atoms with E-state index in [1.165, 1.54) is 0 Å². The van der Waals surface area contributed by atoms with Crippen LogP contribution in [0.2, 0.25) is 0 Å². The monoisotopic (exact) mass is 292 g/mol. The lowest BCUT2D eigenvalue weighted by atomic mass is 10.0. The van der Waals surface area contributed by atoms with Gasteiger partial charge in [-0.25, -0.2) is 9.59 Å². The Balaban J connectivity index is 4.07. The lowest BCUT2D eigenvalue weighted by molar-refractivity contribution is -0.139. The van der Waals surface area contributed by atoms with Gasteiger partial charge in [0.2, 0.25) is 0 Å². The molecule has 7 heteroatoms. The molecule has 3 unspecified atom stereocenters. The molecule has 0 aromatic carbocycles. The molecule has 0 saturated heterocycles. The normalized spacial score (nSPS) is 15.6. The summed E-state index contributed by atoms with van der Waals surface area (Å²) < 4.78 is 11.1. The molecule has 0 aromatic rings. The number of rotatable bonds is 8. The van der Waals surface area contributed by atoms with Gasteiger partial charge in [0.25, 0.3) is 0 Å². The van der Waals surface area contributed by atoms with Crippen molar-refractivity contribution >= 4 is 22.8 Å². The minimum Gasteiger partial charge on any atom is -0.480 e. The molecule has 2 amide bonds. The lowest BCUT2D eigenvalue weighted by Gasteiger charge is -2.17. The van der Waals surface area contributed by atoms with Gasteiger partial charge in [-0.15, -0.1) is 0 Å². The van der Waals surface area contributed by atoms with E-state index >= 15 is 0 Å². The van der Waals surface area contributed by atoms with E-state index in [1.54, 1.807) is 6.26 Å². The largest absolute Gasteiger partial charge is 0.480 e. The van der Waals surface area contributed by atoms with E-state index in [0.29, 0.717) is 19.4 Å². The first kappa shape index (κ1) is 17.9. The Bertz CT molecular complexity index is 334. The van der Waals surface area contributed by atoms with Crippen molar-refractivity contribution in [1.82, 2.24) is 10.6 Å². The van der Waals surface area contributed by atoms with Crippen molar-refractivity contribution in [1.29, 1.82) is 0 Å². The van der Waals surface area contributed by atoms with Crippen LogP contribution in [0, 0.1) is 5.92 Å².